The first-order chi connectivity index (χ1) is 15.0. The molecule has 4 aromatic rings. The smallest absolute Gasteiger partial charge is 0.295 e. The molecule has 0 atom stereocenters. The van der Waals surface area contributed by atoms with Gasteiger partial charge in [-0.2, -0.15) is 0 Å². The summed E-state index contributed by atoms with van der Waals surface area (Å²) in [5, 5.41) is 7.44. The minimum atomic E-state index is -0.373. The summed E-state index contributed by atoms with van der Waals surface area (Å²) in [5.74, 6) is 1.07. The first-order valence-electron chi connectivity index (χ1n) is 10.0. The number of methoxy groups -OCH3 is 1. The first kappa shape index (κ1) is 20.3. The van der Waals surface area contributed by atoms with Gasteiger partial charge in [-0.15, -0.1) is 5.10 Å². The fourth-order valence-electron chi connectivity index (χ4n) is 3.29. The summed E-state index contributed by atoms with van der Waals surface area (Å²) in [6.45, 7) is 6.13. The van der Waals surface area contributed by atoms with E-state index in [0.29, 0.717) is 11.5 Å². The quantitative estimate of drug-likeness (QED) is 0.494. The average molecular weight is 412 g/mol. The van der Waals surface area contributed by atoms with E-state index in [1.807, 2.05) is 50.2 Å². The predicted molar refractivity (Wildman–Crippen MR) is 122 cm³/mol. The van der Waals surface area contributed by atoms with E-state index in [1.165, 1.54) is 0 Å². The first-order valence-corrected chi connectivity index (χ1v) is 10.0. The zero-order valence-corrected chi connectivity index (χ0v) is 18.0. The largest absolute Gasteiger partial charge is 0.497 e. The second-order valence-corrected chi connectivity index (χ2v) is 7.44. The molecule has 0 unspecified atom stereocenters. The Morgan fingerprint density at radius 1 is 0.935 bits per heavy atom. The zero-order valence-electron chi connectivity index (χ0n) is 18.0. The summed E-state index contributed by atoms with van der Waals surface area (Å²) in [4.78, 5) is 17.5. The molecule has 0 saturated carbocycles. The molecule has 6 heteroatoms. The zero-order chi connectivity index (χ0) is 22.0. The van der Waals surface area contributed by atoms with E-state index >= 15 is 0 Å². The molecule has 1 heterocycles. The number of anilines is 1. The van der Waals surface area contributed by atoms with Crippen LogP contribution in [0.2, 0.25) is 0 Å². The summed E-state index contributed by atoms with van der Waals surface area (Å²) in [5.41, 5.74) is 5.81. The molecule has 1 N–H and O–H groups in total. The summed E-state index contributed by atoms with van der Waals surface area (Å²) < 4.78 is 6.91. The van der Waals surface area contributed by atoms with Gasteiger partial charge in [0.25, 0.3) is 5.91 Å². The third-order valence-electron chi connectivity index (χ3n) is 5.27. The van der Waals surface area contributed by atoms with Gasteiger partial charge in [-0.3, -0.25) is 4.79 Å². The maximum atomic E-state index is 12.9. The van der Waals surface area contributed by atoms with Crippen LogP contribution in [0.3, 0.4) is 0 Å². The van der Waals surface area contributed by atoms with Gasteiger partial charge in [0.1, 0.15) is 5.75 Å². The number of hydrogen-bond acceptors (Lipinski definition) is 4. The number of benzene rings is 3. The van der Waals surface area contributed by atoms with E-state index in [4.69, 9.17) is 4.74 Å². The van der Waals surface area contributed by atoms with Gasteiger partial charge in [-0.1, -0.05) is 42.0 Å². The Morgan fingerprint density at radius 2 is 1.65 bits per heavy atom. The van der Waals surface area contributed by atoms with Gasteiger partial charge in [0, 0.05) is 11.3 Å². The molecule has 156 valence electrons. The summed E-state index contributed by atoms with van der Waals surface area (Å²) in [7, 11) is 1.60. The number of hydrogen-bond donors (Lipinski definition) is 1. The molecule has 0 aliphatic rings. The van der Waals surface area contributed by atoms with Gasteiger partial charge in [0.2, 0.25) is 5.82 Å². The van der Waals surface area contributed by atoms with Gasteiger partial charge in [0.15, 0.2) is 5.82 Å². The molecule has 0 aliphatic heterocycles. The van der Waals surface area contributed by atoms with Gasteiger partial charge in [0.05, 0.1) is 12.8 Å². The van der Waals surface area contributed by atoms with Crippen molar-refractivity contribution in [3.8, 4) is 22.8 Å². The lowest BCUT2D eigenvalue weighted by atomic mass is 10.1. The number of ether oxygens (including phenoxy) is 1. The third kappa shape index (κ3) is 4.19. The molecule has 0 radical (unpaired) electrons. The molecular weight excluding hydrogens is 388 g/mol. The number of amides is 1. The van der Waals surface area contributed by atoms with Crippen LogP contribution in [-0.4, -0.2) is 27.8 Å². The van der Waals surface area contributed by atoms with E-state index in [2.05, 4.69) is 28.4 Å². The van der Waals surface area contributed by atoms with E-state index in [0.717, 1.165) is 33.7 Å². The molecule has 0 spiro atoms. The monoisotopic (exact) mass is 412 g/mol. The van der Waals surface area contributed by atoms with E-state index in [-0.39, 0.29) is 11.7 Å². The van der Waals surface area contributed by atoms with Crippen LogP contribution >= 0.6 is 0 Å². The van der Waals surface area contributed by atoms with Gasteiger partial charge >= 0.3 is 0 Å². The van der Waals surface area contributed by atoms with Crippen molar-refractivity contribution in [2.75, 3.05) is 12.4 Å². The molecule has 6 nitrogen and oxygen atoms in total. The molecule has 4 rings (SSSR count). The van der Waals surface area contributed by atoms with E-state index in [1.54, 1.807) is 36.1 Å². The Balaban J connectivity index is 1.76. The fourth-order valence-corrected chi connectivity index (χ4v) is 3.29. The normalized spacial score (nSPS) is 10.7. The molecular formula is C25H24N4O2. The van der Waals surface area contributed by atoms with Crippen molar-refractivity contribution in [3.05, 3.63) is 89.2 Å². The summed E-state index contributed by atoms with van der Waals surface area (Å²) in [6, 6.07) is 21.2. The van der Waals surface area contributed by atoms with Crippen LogP contribution in [0.4, 0.5) is 5.69 Å². The SMILES string of the molecule is COc1ccc(NC(=O)c2nc(-c3ccc(C)cc3)n(-c3cccc(C)c3C)n2)cc1. The number of nitrogens with one attached hydrogen (secondary N) is 1. The Morgan fingerprint density at radius 3 is 2.32 bits per heavy atom. The summed E-state index contributed by atoms with van der Waals surface area (Å²) >= 11 is 0. The van der Waals surface area contributed by atoms with Crippen LogP contribution in [0.5, 0.6) is 5.75 Å². The number of aromatic nitrogens is 3. The minimum absolute atomic E-state index is 0.104. The fraction of sp³-hybridized carbons (Fsp3) is 0.160. The Bertz CT molecular complexity index is 1230. The van der Waals surface area contributed by atoms with Crippen molar-refractivity contribution < 1.29 is 9.53 Å². The number of aryl methyl sites for hydroxylation is 2. The van der Waals surface area contributed by atoms with Crippen LogP contribution < -0.4 is 10.1 Å². The highest BCUT2D eigenvalue weighted by Crippen LogP contribution is 2.25. The minimum Gasteiger partial charge on any atom is -0.497 e. The Labute approximate surface area is 181 Å². The van der Waals surface area contributed by atoms with Crippen molar-refractivity contribution in [2.45, 2.75) is 20.8 Å². The average Bonchev–Trinajstić information content (AvgIpc) is 3.22. The highest BCUT2D eigenvalue weighted by Gasteiger charge is 2.20. The maximum Gasteiger partial charge on any atom is 0.295 e. The lowest BCUT2D eigenvalue weighted by molar-refractivity contribution is 0.101. The van der Waals surface area contributed by atoms with Crippen molar-refractivity contribution in [1.82, 2.24) is 14.8 Å². The number of carbonyl (C=O) groups excluding carboxylic acids is 1. The number of nitrogens with zero attached hydrogens (tertiary/aromatic N) is 3. The van der Waals surface area contributed by atoms with Gasteiger partial charge < -0.3 is 10.1 Å². The molecule has 31 heavy (non-hydrogen) atoms. The van der Waals surface area contributed by atoms with E-state index in [9.17, 15) is 4.79 Å². The summed E-state index contributed by atoms with van der Waals surface area (Å²) in [6.07, 6.45) is 0. The van der Waals surface area contributed by atoms with Crippen LogP contribution in [0, 0.1) is 20.8 Å². The van der Waals surface area contributed by atoms with Gasteiger partial charge in [-0.05, 0) is 62.2 Å². The highest BCUT2D eigenvalue weighted by molar-refractivity contribution is 6.01. The van der Waals surface area contributed by atoms with E-state index < -0.39 is 0 Å². The predicted octanol–water partition coefficient (Wildman–Crippen LogP) is 5.12. The van der Waals surface area contributed by atoms with Crippen molar-refractivity contribution >= 4 is 11.6 Å². The van der Waals surface area contributed by atoms with Crippen LogP contribution in [0.15, 0.2) is 66.7 Å². The van der Waals surface area contributed by atoms with Crippen molar-refractivity contribution in [2.24, 2.45) is 0 Å². The lowest BCUT2D eigenvalue weighted by Crippen LogP contribution is -2.14. The molecule has 0 aliphatic carbocycles. The topological polar surface area (TPSA) is 69.0 Å². The lowest BCUT2D eigenvalue weighted by Gasteiger charge is -2.11. The van der Waals surface area contributed by atoms with Gasteiger partial charge in [-0.25, -0.2) is 9.67 Å². The van der Waals surface area contributed by atoms with Crippen LogP contribution in [0.1, 0.15) is 27.3 Å². The molecule has 0 fully saturated rings. The van der Waals surface area contributed by atoms with Crippen molar-refractivity contribution in [3.63, 3.8) is 0 Å². The Hall–Kier alpha value is -3.93. The molecule has 1 aromatic heterocycles. The maximum absolute atomic E-state index is 12.9. The third-order valence-corrected chi connectivity index (χ3v) is 5.27. The number of rotatable bonds is 5. The molecule has 0 saturated heterocycles. The Kier molecular flexibility index (Phi) is 5.54. The number of carbonyl (C=O) groups is 1. The highest BCUT2D eigenvalue weighted by atomic mass is 16.5. The second-order valence-electron chi connectivity index (χ2n) is 7.44. The molecule has 3 aromatic carbocycles. The molecule has 1 amide bonds. The standard InChI is InChI=1S/C25H24N4O2/c1-16-8-10-19(11-9-16)24-27-23(25(30)26-20-12-14-21(31-4)15-13-20)28-29(24)22-7-5-6-17(2)18(22)3/h5-15H,1-4H3,(H,26,30). The second kappa shape index (κ2) is 8.44. The van der Waals surface area contributed by atoms with Crippen LogP contribution in [-0.2, 0) is 0 Å². The van der Waals surface area contributed by atoms with Crippen LogP contribution in [0.25, 0.3) is 17.1 Å². The molecule has 0 bridgehead atoms. The van der Waals surface area contributed by atoms with Crippen molar-refractivity contribution in [1.29, 1.82) is 0 Å².